The van der Waals surface area contributed by atoms with E-state index < -0.39 is 0 Å². The Balaban J connectivity index is 1.91. The lowest BCUT2D eigenvalue weighted by molar-refractivity contribution is 0.606. The minimum Gasteiger partial charge on any atom is -0.325 e. The first-order chi connectivity index (χ1) is 5.70. The monoisotopic (exact) mass is 248 g/mol. The van der Waals surface area contributed by atoms with Crippen LogP contribution in [0.2, 0.25) is 0 Å². The molecule has 4 heteroatoms. The molecule has 66 valence electrons. The van der Waals surface area contributed by atoms with Crippen LogP contribution in [0, 0.1) is 0 Å². The molecular weight excluding hydrogens is 239 g/mol. The van der Waals surface area contributed by atoms with Crippen LogP contribution in [-0.4, -0.2) is 14.4 Å². The summed E-state index contributed by atoms with van der Waals surface area (Å²) in [5, 5.41) is 0. The summed E-state index contributed by atoms with van der Waals surface area (Å²) < 4.78 is 3.10. The number of nitrogens with zero attached hydrogens (tertiary/aromatic N) is 2. The Morgan fingerprint density at radius 3 is 2.92 bits per heavy atom. The van der Waals surface area contributed by atoms with E-state index in [1.807, 2.05) is 6.33 Å². The summed E-state index contributed by atoms with van der Waals surface area (Å²) in [5.41, 5.74) is 0. The highest BCUT2D eigenvalue weighted by Crippen LogP contribution is 2.45. The molecule has 1 aromatic heterocycles. The van der Waals surface area contributed by atoms with E-state index in [-0.39, 0.29) is 4.87 Å². The van der Waals surface area contributed by atoms with Gasteiger partial charge in [-0.15, -0.1) is 11.6 Å². The summed E-state index contributed by atoms with van der Waals surface area (Å²) in [4.78, 5) is 4.13. The quantitative estimate of drug-likeness (QED) is 0.753. The van der Waals surface area contributed by atoms with Crippen molar-refractivity contribution in [2.75, 3.05) is 0 Å². The van der Waals surface area contributed by atoms with Crippen LogP contribution in [0.15, 0.2) is 17.1 Å². The molecule has 1 aromatic rings. The zero-order valence-corrected chi connectivity index (χ0v) is 8.98. The zero-order valence-electron chi connectivity index (χ0n) is 6.63. The fourth-order valence-corrected chi connectivity index (χ4v) is 1.74. The number of hydrogen-bond donors (Lipinski definition) is 0. The van der Waals surface area contributed by atoms with Crippen molar-refractivity contribution in [2.45, 2.75) is 30.7 Å². The average molecular weight is 250 g/mol. The first kappa shape index (κ1) is 8.57. The second kappa shape index (κ2) is 3.04. The van der Waals surface area contributed by atoms with Crippen LogP contribution < -0.4 is 0 Å². The molecule has 0 bridgehead atoms. The summed E-state index contributed by atoms with van der Waals surface area (Å²) in [6, 6.07) is 0. The zero-order chi connectivity index (χ0) is 8.60. The predicted octanol–water partition coefficient (Wildman–Crippen LogP) is 2.81. The molecule has 0 unspecified atom stereocenters. The molecule has 1 heterocycles. The van der Waals surface area contributed by atoms with E-state index >= 15 is 0 Å². The molecule has 0 radical (unpaired) electrons. The van der Waals surface area contributed by atoms with Gasteiger partial charge in [-0.3, -0.25) is 0 Å². The van der Waals surface area contributed by atoms with E-state index in [9.17, 15) is 0 Å². The molecule has 0 spiro atoms. The van der Waals surface area contributed by atoms with Crippen molar-refractivity contribution < 1.29 is 0 Å². The standard InChI is InChI=1S/C8H10BrClN2/c9-7-5-11-6-12(7)4-3-8(10)1-2-8/h5-6H,1-4H2. The van der Waals surface area contributed by atoms with Crippen molar-refractivity contribution in [3.63, 3.8) is 0 Å². The minimum absolute atomic E-state index is 0.115. The Morgan fingerprint density at radius 1 is 1.67 bits per heavy atom. The first-order valence-corrected chi connectivity index (χ1v) is 5.21. The van der Waals surface area contributed by atoms with Gasteiger partial charge in [-0.05, 0) is 35.2 Å². The molecule has 0 atom stereocenters. The molecule has 0 N–H and O–H groups in total. The van der Waals surface area contributed by atoms with E-state index in [4.69, 9.17) is 11.6 Å². The molecule has 1 fully saturated rings. The highest BCUT2D eigenvalue weighted by Gasteiger charge is 2.39. The third-order valence-corrected chi connectivity index (χ3v) is 3.48. The van der Waals surface area contributed by atoms with Gasteiger partial charge in [-0.25, -0.2) is 4.98 Å². The SMILES string of the molecule is ClC1(CCn2cncc2Br)CC1. The van der Waals surface area contributed by atoms with Crippen LogP contribution >= 0.6 is 27.5 Å². The highest BCUT2D eigenvalue weighted by molar-refractivity contribution is 9.10. The molecule has 2 rings (SSSR count). The maximum atomic E-state index is 6.16. The van der Waals surface area contributed by atoms with Crippen molar-refractivity contribution in [1.29, 1.82) is 0 Å². The number of alkyl halides is 1. The third kappa shape index (κ3) is 1.83. The largest absolute Gasteiger partial charge is 0.325 e. The smallest absolute Gasteiger partial charge is 0.104 e. The van der Waals surface area contributed by atoms with Gasteiger partial charge in [0.05, 0.1) is 12.5 Å². The number of aromatic nitrogens is 2. The van der Waals surface area contributed by atoms with E-state index in [0.29, 0.717) is 0 Å². The van der Waals surface area contributed by atoms with Gasteiger partial charge in [-0.1, -0.05) is 0 Å². The predicted molar refractivity (Wildman–Crippen MR) is 52.4 cm³/mol. The lowest BCUT2D eigenvalue weighted by Crippen LogP contribution is -2.05. The van der Waals surface area contributed by atoms with Crippen LogP contribution in [0.5, 0.6) is 0 Å². The van der Waals surface area contributed by atoms with Gasteiger partial charge in [-0.2, -0.15) is 0 Å². The highest BCUT2D eigenvalue weighted by atomic mass is 79.9. The van der Waals surface area contributed by atoms with Gasteiger partial charge in [0.1, 0.15) is 4.60 Å². The van der Waals surface area contributed by atoms with Crippen LogP contribution in [0.1, 0.15) is 19.3 Å². The Morgan fingerprint density at radius 2 is 2.42 bits per heavy atom. The van der Waals surface area contributed by atoms with Crippen molar-refractivity contribution in [2.24, 2.45) is 0 Å². The van der Waals surface area contributed by atoms with Gasteiger partial charge in [0.15, 0.2) is 0 Å². The van der Waals surface area contributed by atoms with E-state index in [2.05, 4.69) is 25.5 Å². The topological polar surface area (TPSA) is 17.8 Å². The van der Waals surface area contributed by atoms with E-state index in [0.717, 1.165) is 17.6 Å². The molecule has 0 aromatic carbocycles. The van der Waals surface area contributed by atoms with Crippen LogP contribution in [0.4, 0.5) is 0 Å². The Labute approximate surface area is 85.1 Å². The molecule has 1 aliphatic carbocycles. The molecule has 1 aliphatic rings. The molecule has 12 heavy (non-hydrogen) atoms. The summed E-state index contributed by atoms with van der Waals surface area (Å²) >= 11 is 9.58. The van der Waals surface area contributed by atoms with Crippen molar-refractivity contribution in [3.8, 4) is 0 Å². The summed E-state index contributed by atoms with van der Waals surface area (Å²) in [6.07, 6.45) is 7.01. The van der Waals surface area contributed by atoms with Crippen molar-refractivity contribution >= 4 is 27.5 Å². The average Bonchev–Trinajstić information content (AvgIpc) is 2.61. The Kier molecular flexibility index (Phi) is 2.17. The maximum Gasteiger partial charge on any atom is 0.104 e. The number of halogens is 2. The number of rotatable bonds is 3. The normalized spacial score (nSPS) is 19.5. The van der Waals surface area contributed by atoms with Crippen LogP contribution in [0.25, 0.3) is 0 Å². The second-order valence-corrected chi connectivity index (χ2v) is 4.92. The number of aryl methyl sites for hydroxylation is 1. The molecule has 0 aliphatic heterocycles. The second-order valence-electron chi connectivity index (χ2n) is 3.31. The lowest BCUT2D eigenvalue weighted by atomic mass is 10.3. The molecular formula is C8H10BrClN2. The Hall–Kier alpha value is -0.0200. The minimum atomic E-state index is 0.115. The summed E-state index contributed by atoms with van der Waals surface area (Å²) in [5.74, 6) is 0. The fourth-order valence-electron chi connectivity index (χ4n) is 1.18. The third-order valence-electron chi connectivity index (χ3n) is 2.25. The van der Waals surface area contributed by atoms with Gasteiger partial charge in [0.25, 0.3) is 0 Å². The van der Waals surface area contributed by atoms with Gasteiger partial charge in [0, 0.05) is 11.4 Å². The molecule has 0 saturated heterocycles. The van der Waals surface area contributed by atoms with Crippen LogP contribution in [0.3, 0.4) is 0 Å². The van der Waals surface area contributed by atoms with E-state index in [1.165, 1.54) is 12.8 Å². The fraction of sp³-hybridized carbons (Fsp3) is 0.625. The maximum absolute atomic E-state index is 6.16. The molecule has 1 saturated carbocycles. The van der Waals surface area contributed by atoms with Crippen molar-refractivity contribution in [3.05, 3.63) is 17.1 Å². The number of imidazole rings is 1. The van der Waals surface area contributed by atoms with Crippen LogP contribution in [-0.2, 0) is 6.54 Å². The number of hydrogen-bond acceptors (Lipinski definition) is 1. The van der Waals surface area contributed by atoms with Gasteiger partial charge >= 0.3 is 0 Å². The Bertz CT molecular complexity index is 280. The van der Waals surface area contributed by atoms with Gasteiger partial charge in [0.2, 0.25) is 0 Å². The summed E-state index contributed by atoms with van der Waals surface area (Å²) in [7, 11) is 0. The van der Waals surface area contributed by atoms with Gasteiger partial charge < -0.3 is 4.57 Å². The first-order valence-electron chi connectivity index (χ1n) is 4.04. The lowest BCUT2D eigenvalue weighted by Gasteiger charge is -2.06. The summed E-state index contributed by atoms with van der Waals surface area (Å²) in [6.45, 7) is 0.962. The van der Waals surface area contributed by atoms with E-state index in [1.54, 1.807) is 6.20 Å². The van der Waals surface area contributed by atoms with Crippen molar-refractivity contribution in [1.82, 2.24) is 9.55 Å². The molecule has 2 nitrogen and oxygen atoms in total. The molecule has 0 amide bonds.